The molecule has 0 unspecified atom stereocenters. The first-order valence-electron chi connectivity index (χ1n) is 9.54. The van der Waals surface area contributed by atoms with Crippen LogP contribution < -0.4 is 5.32 Å². The van der Waals surface area contributed by atoms with E-state index >= 15 is 0 Å². The maximum Gasteiger partial charge on any atom is 0.312 e. The Morgan fingerprint density at radius 2 is 1.88 bits per heavy atom. The van der Waals surface area contributed by atoms with Gasteiger partial charge in [0.15, 0.2) is 6.61 Å². The molecule has 1 amide bonds. The molecule has 1 aromatic rings. The predicted molar refractivity (Wildman–Crippen MR) is 97.6 cm³/mol. The SMILES string of the molecule is Cc1ccc(NC(=O)COC(=O)C23C[C@H]4C[C@@H](CC(O)(C4)C2)C3)c(C)c1. The van der Waals surface area contributed by atoms with Gasteiger partial charge in [0, 0.05) is 5.69 Å². The summed E-state index contributed by atoms with van der Waals surface area (Å²) in [6.45, 7) is 3.66. The number of aliphatic hydroxyl groups is 1. The van der Waals surface area contributed by atoms with Crippen molar-refractivity contribution in [3.8, 4) is 0 Å². The normalized spacial score (nSPS) is 34.6. The van der Waals surface area contributed by atoms with Crippen LogP contribution in [0.3, 0.4) is 0 Å². The van der Waals surface area contributed by atoms with Crippen LogP contribution in [0.25, 0.3) is 0 Å². The van der Waals surface area contributed by atoms with Gasteiger partial charge >= 0.3 is 5.97 Å². The van der Waals surface area contributed by atoms with Crippen molar-refractivity contribution in [2.45, 2.75) is 58.0 Å². The van der Waals surface area contributed by atoms with Crippen LogP contribution in [-0.2, 0) is 14.3 Å². The summed E-state index contributed by atoms with van der Waals surface area (Å²) < 4.78 is 5.41. The second-order valence-corrected chi connectivity index (χ2v) is 8.91. The molecule has 2 atom stereocenters. The largest absolute Gasteiger partial charge is 0.455 e. The van der Waals surface area contributed by atoms with Crippen LogP contribution in [0.1, 0.15) is 49.7 Å². The number of amides is 1. The third-order valence-electron chi connectivity index (χ3n) is 6.45. The van der Waals surface area contributed by atoms with E-state index in [1.165, 1.54) is 0 Å². The van der Waals surface area contributed by atoms with Crippen LogP contribution in [-0.4, -0.2) is 29.2 Å². The van der Waals surface area contributed by atoms with Crippen LogP contribution in [0.2, 0.25) is 0 Å². The second-order valence-electron chi connectivity index (χ2n) is 8.91. The fourth-order valence-electron chi connectivity index (χ4n) is 5.88. The molecule has 4 saturated carbocycles. The summed E-state index contributed by atoms with van der Waals surface area (Å²) in [5, 5.41) is 13.6. The summed E-state index contributed by atoms with van der Waals surface area (Å²) in [6.07, 6.45) is 4.82. The first-order chi connectivity index (χ1) is 12.3. The zero-order valence-electron chi connectivity index (χ0n) is 15.5. The number of hydrogen-bond acceptors (Lipinski definition) is 4. The molecule has 0 saturated heterocycles. The Morgan fingerprint density at radius 3 is 2.50 bits per heavy atom. The Labute approximate surface area is 154 Å². The van der Waals surface area contributed by atoms with Gasteiger partial charge in [-0.25, -0.2) is 0 Å². The Hall–Kier alpha value is -1.88. The molecule has 4 aliphatic carbocycles. The second kappa shape index (κ2) is 6.08. The van der Waals surface area contributed by atoms with Crippen molar-refractivity contribution in [2.24, 2.45) is 17.3 Å². The summed E-state index contributed by atoms with van der Waals surface area (Å²) in [5.41, 5.74) is 1.56. The Bertz CT molecular complexity index is 742. The lowest BCUT2D eigenvalue weighted by atomic mass is 9.48. The minimum Gasteiger partial charge on any atom is -0.455 e. The highest BCUT2D eigenvalue weighted by atomic mass is 16.5. The molecule has 0 spiro atoms. The molecule has 4 aliphatic rings. The summed E-state index contributed by atoms with van der Waals surface area (Å²) in [5.74, 6) is 0.199. The number of nitrogens with one attached hydrogen (secondary N) is 1. The fraction of sp³-hybridized carbons (Fsp3) is 0.619. The van der Waals surface area contributed by atoms with Crippen LogP contribution in [0.4, 0.5) is 5.69 Å². The Morgan fingerprint density at radius 1 is 1.19 bits per heavy atom. The first-order valence-corrected chi connectivity index (χ1v) is 9.54. The molecule has 0 heterocycles. The highest BCUT2D eigenvalue weighted by Gasteiger charge is 2.60. The quantitative estimate of drug-likeness (QED) is 0.812. The van der Waals surface area contributed by atoms with Crippen LogP contribution in [0, 0.1) is 31.1 Å². The molecule has 0 aromatic heterocycles. The van der Waals surface area contributed by atoms with E-state index in [1.807, 2.05) is 32.0 Å². The lowest BCUT2D eigenvalue weighted by Crippen LogP contribution is -2.58. The van der Waals surface area contributed by atoms with Crippen LogP contribution in [0.5, 0.6) is 0 Å². The maximum atomic E-state index is 12.8. The van der Waals surface area contributed by atoms with Gasteiger partial charge in [-0.05, 0) is 75.8 Å². The maximum absolute atomic E-state index is 12.8. The predicted octanol–water partition coefficient (Wildman–Crippen LogP) is 3.12. The van der Waals surface area contributed by atoms with E-state index in [1.54, 1.807) is 0 Å². The molecule has 26 heavy (non-hydrogen) atoms. The van der Waals surface area contributed by atoms with E-state index in [4.69, 9.17) is 4.74 Å². The zero-order valence-corrected chi connectivity index (χ0v) is 15.5. The number of benzene rings is 1. The number of ether oxygens (including phenoxy) is 1. The summed E-state index contributed by atoms with van der Waals surface area (Å²) in [6, 6.07) is 5.79. The molecule has 140 valence electrons. The smallest absolute Gasteiger partial charge is 0.312 e. The first kappa shape index (κ1) is 17.5. The van der Waals surface area contributed by atoms with Crippen molar-refractivity contribution in [3.05, 3.63) is 29.3 Å². The van der Waals surface area contributed by atoms with Gasteiger partial charge in [-0.1, -0.05) is 17.7 Å². The highest BCUT2D eigenvalue weighted by molar-refractivity contribution is 5.93. The van der Waals surface area contributed by atoms with Crippen molar-refractivity contribution in [3.63, 3.8) is 0 Å². The number of hydrogen-bond donors (Lipinski definition) is 2. The summed E-state index contributed by atoms with van der Waals surface area (Å²) >= 11 is 0. The van der Waals surface area contributed by atoms with Gasteiger partial charge in [0.1, 0.15) is 0 Å². The van der Waals surface area contributed by atoms with Gasteiger partial charge in [0.05, 0.1) is 11.0 Å². The van der Waals surface area contributed by atoms with Gasteiger partial charge in [-0.2, -0.15) is 0 Å². The molecule has 0 radical (unpaired) electrons. The third-order valence-corrected chi connectivity index (χ3v) is 6.45. The number of rotatable bonds is 4. The molecule has 5 rings (SSSR count). The van der Waals surface area contributed by atoms with E-state index in [0.29, 0.717) is 18.3 Å². The molecular formula is C21H27NO4. The van der Waals surface area contributed by atoms with Gasteiger partial charge < -0.3 is 15.2 Å². The summed E-state index contributed by atoms with van der Waals surface area (Å²) in [4.78, 5) is 25.0. The topological polar surface area (TPSA) is 75.6 Å². The van der Waals surface area contributed by atoms with Crippen molar-refractivity contribution < 1.29 is 19.4 Å². The average molecular weight is 357 g/mol. The fourth-order valence-corrected chi connectivity index (χ4v) is 5.88. The Kier molecular flexibility index (Phi) is 4.10. The molecule has 0 aliphatic heterocycles. The monoisotopic (exact) mass is 357 g/mol. The van der Waals surface area contributed by atoms with E-state index in [9.17, 15) is 14.7 Å². The van der Waals surface area contributed by atoms with E-state index in [0.717, 1.165) is 48.9 Å². The molecule has 5 heteroatoms. The number of carbonyl (C=O) groups excluding carboxylic acids is 2. The van der Waals surface area contributed by atoms with Crippen molar-refractivity contribution >= 4 is 17.6 Å². The van der Waals surface area contributed by atoms with E-state index in [-0.39, 0.29) is 18.5 Å². The van der Waals surface area contributed by atoms with E-state index in [2.05, 4.69) is 5.32 Å². The van der Waals surface area contributed by atoms with Gasteiger partial charge in [0.25, 0.3) is 5.91 Å². The molecule has 4 bridgehead atoms. The Balaban J connectivity index is 1.37. The van der Waals surface area contributed by atoms with Crippen LogP contribution >= 0.6 is 0 Å². The van der Waals surface area contributed by atoms with Crippen molar-refractivity contribution in [1.82, 2.24) is 0 Å². The lowest BCUT2D eigenvalue weighted by molar-refractivity contribution is -0.196. The average Bonchev–Trinajstić information content (AvgIpc) is 2.53. The standard InChI is InChI=1S/C21H27NO4/c1-13-3-4-17(14(2)5-13)22-18(23)11-26-19(24)20-7-15-6-16(8-20)10-21(25,9-15)12-20/h3-5,15-16,25H,6-12H2,1-2H3,(H,22,23)/t15-,16-,20?,21?/m1/s1. The van der Waals surface area contributed by atoms with Gasteiger partial charge in [-0.3, -0.25) is 9.59 Å². The summed E-state index contributed by atoms with van der Waals surface area (Å²) in [7, 11) is 0. The highest BCUT2D eigenvalue weighted by Crippen LogP contribution is 2.61. The van der Waals surface area contributed by atoms with E-state index < -0.39 is 11.0 Å². The van der Waals surface area contributed by atoms with Gasteiger partial charge in [0.2, 0.25) is 0 Å². The number of aryl methyl sites for hydroxylation is 2. The molecule has 1 aromatic carbocycles. The minimum absolute atomic E-state index is 0.276. The lowest BCUT2D eigenvalue weighted by Gasteiger charge is -2.58. The molecule has 4 fully saturated rings. The molecule has 2 N–H and O–H groups in total. The van der Waals surface area contributed by atoms with Crippen molar-refractivity contribution in [2.75, 3.05) is 11.9 Å². The molecule has 5 nitrogen and oxygen atoms in total. The third kappa shape index (κ3) is 3.13. The zero-order chi connectivity index (χ0) is 18.5. The molecular weight excluding hydrogens is 330 g/mol. The number of anilines is 1. The van der Waals surface area contributed by atoms with Crippen molar-refractivity contribution in [1.29, 1.82) is 0 Å². The minimum atomic E-state index is -0.704. The van der Waals surface area contributed by atoms with Crippen LogP contribution in [0.15, 0.2) is 18.2 Å². The van der Waals surface area contributed by atoms with Gasteiger partial charge in [-0.15, -0.1) is 0 Å². The number of esters is 1. The number of carbonyl (C=O) groups is 2.